The number of benzene rings is 1. The lowest BCUT2D eigenvalue weighted by molar-refractivity contribution is 0.311. The van der Waals surface area contributed by atoms with Gasteiger partial charge in [0.05, 0.1) is 12.8 Å². The van der Waals surface area contributed by atoms with Crippen molar-refractivity contribution < 1.29 is 4.74 Å². The minimum absolute atomic E-state index is 0.849. The summed E-state index contributed by atoms with van der Waals surface area (Å²) in [6.45, 7) is 4.34. The van der Waals surface area contributed by atoms with Crippen LogP contribution >= 0.6 is 0 Å². The molecule has 1 aliphatic rings. The standard InChI is InChI=1S/C12H17N2O/c1-13-7-9-14(10-8-13)11-5-3-4-6-12(11)15-2/h3-5H,7-10H2,1-2H3. The first-order valence-electron chi connectivity index (χ1n) is 5.29. The zero-order valence-corrected chi connectivity index (χ0v) is 9.36. The van der Waals surface area contributed by atoms with E-state index in [9.17, 15) is 0 Å². The van der Waals surface area contributed by atoms with Crippen molar-refractivity contribution in [1.29, 1.82) is 0 Å². The molecule has 1 aliphatic heterocycles. The average molecular weight is 205 g/mol. The van der Waals surface area contributed by atoms with Crippen LogP contribution in [0.25, 0.3) is 0 Å². The summed E-state index contributed by atoms with van der Waals surface area (Å²) in [7, 11) is 3.86. The second-order valence-corrected chi connectivity index (χ2v) is 3.88. The van der Waals surface area contributed by atoms with Gasteiger partial charge in [0.25, 0.3) is 0 Å². The lowest BCUT2D eigenvalue weighted by Crippen LogP contribution is -2.44. The Hall–Kier alpha value is -1.22. The molecule has 0 aromatic heterocycles. The van der Waals surface area contributed by atoms with Crippen LogP contribution in [0.3, 0.4) is 0 Å². The van der Waals surface area contributed by atoms with E-state index in [0.717, 1.165) is 37.6 Å². The Bertz CT molecular complexity index is 319. The summed E-state index contributed by atoms with van der Waals surface area (Å²) in [4.78, 5) is 4.70. The second kappa shape index (κ2) is 4.53. The first-order valence-corrected chi connectivity index (χ1v) is 5.29. The third-order valence-corrected chi connectivity index (χ3v) is 2.85. The van der Waals surface area contributed by atoms with Gasteiger partial charge < -0.3 is 14.5 Å². The first kappa shape index (κ1) is 10.3. The van der Waals surface area contributed by atoms with E-state index in [1.54, 1.807) is 7.11 Å². The number of ether oxygens (including phenoxy) is 1. The van der Waals surface area contributed by atoms with Gasteiger partial charge in [-0.1, -0.05) is 12.1 Å². The zero-order valence-electron chi connectivity index (χ0n) is 9.36. The molecule has 0 N–H and O–H groups in total. The Morgan fingerprint density at radius 3 is 2.67 bits per heavy atom. The van der Waals surface area contributed by atoms with Crippen molar-refractivity contribution in [3.63, 3.8) is 0 Å². The molecule has 3 nitrogen and oxygen atoms in total. The van der Waals surface area contributed by atoms with Crippen LogP contribution in [0.15, 0.2) is 18.2 Å². The highest BCUT2D eigenvalue weighted by Crippen LogP contribution is 2.27. The van der Waals surface area contributed by atoms with Gasteiger partial charge in [0.15, 0.2) is 0 Å². The summed E-state index contributed by atoms with van der Waals surface area (Å²) in [5.74, 6) is 0.849. The van der Waals surface area contributed by atoms with Crippen molar-refractivity contribution in [3.05, 3.63) is 24.3 Å². The predicted molar refractivity (Wildman–Crippen MR) is 61.5 cm³/mol. The first-order chi connectivity index (χ1) is 7.31. The van der Waals surface area contributed by atoms with E-state index in [0.29, 0.717) is 0 Å². The van der Waals surface area contributed by atoms with Gasteiger partial charge in [-0.3, -0.25) is 0 Å². The van der Waals surface area contributed by atoms with E-state index in [1.807, 2.05) is 12.1 Å². The molecule has 0 saturated carbocycles. The maximum Gasteiger partial charge on any atom is 0.150 e. The van der Waals surface area contributed by atoms with Crippen LogP contribution in [0, 0.1) is 6.07 Å². The maximum atomic E-state index is 5.31. The topological polar surface area (TPSA) is 15.7 Å². The molecule has 3 heteroatoms. The third-order valence-electron chi connectivity index (χ3n) is 2.85. The summed E-state index contributed by atoms with van der Waals surface area (Å²) in [5.41, 5.74) is 1.16. The molecule has 1 radical (unpaired) electrons. The number of para-hydroxylation sites is 1. The highest BCUT2D eigenvalue weighted by Gasteiger charge is 2.16. The second-order valence-electron chi connectivity index (χ2n) is 3.88. The molecular weight excluding hydrogens is 188 g/mol. The zero-order chi connectivity index (χ0) is 10.7. The third kappa shape index (κ3) is 2.23. The van der Waals surface area contributed by atoms with Gasteiger partial charge in [-0.25, -0.2) is 0 Å². The Balaban J connectivity index is 2.15. The Kier molecular flexibility index (Phi) is 3.11. The Morgan fingerprint density at radius 1 is 1.27 bits per heavy atom. The number of likely N-dealkylation sites (N-methyl/N-ethyl adjacent to an activating group) is 1. The summed E-state index contributed by atoms with van der Waals surface area (Å²) < 4.78 is 5.31. The molecule has 15 heavy (non-hydrogen) atoms. The van der Waals surface area contributed by atoms with Crippen molar-refractivity contribution >= 4 is 5.69 Å². The summed E-state index contributed by atoms with van der Waals surface area (Å²) in [6, 6.07) is 9.11. The number of hydrogen-bond donors (Lipinski definition) is 0. The van der Waals surface area contributed by atoms with Crippen LogP contribution in [0.1, 0.15) is 0 Å². The average Bonchev–Trinajstić information content (AvgIpc) is 2.30. The molecule has 1 saturated heterocycles. The van der Waals surface area contributed by atoms with Crippen LogP contribution in [-0.2, 0) is 0 Å². The van der Waals surface area contributed by atoms with Gasteiger partial charge in [0.1, 0.15) is 5.75 Å². The molecule has 0 amide bonds. The largest absolute Gasteiger partial charge is 0.494 e. The van der Waals surface area contributed by atoms with Gasteiger partial charge >= 0.3 is 0 Å². The summed E-state index contributed by atoms with van der Waals surface area (Å²) >= 11 is 0. The van der Waals surface area contributed by atoms with Crippen LogP contribution in [0.5, 0.6) is 5.75 Å². The summed E-state index contributed by atoms with van der Waals surface area (Å²) in [6.07, 6.45) is 0. The molecule has 2 rings (SSSR count). The minimum atomic E-state index is 0.849. The van der Waals surface area contributed by atoms with Crippen molar-refractivity contribution in [2.75, 3.05) is 45.2 Å². The van der Waals surface area contributed by atoms with E-state index in [2.05, 4.69) is 29.0 Å². The number of nitrogens with zero attached hydrogens (tertiary/aromatic N) is 2. The molecule has 0 bridgehead atoms. The molecule has 1 heterocycles. The van der Waals surface area contributed by atoms with Crippen molar-refractivity contribution in [3.8, 4) is 5.75 Å². The fourth-order valence-electron chi connectivity index (χ4n) is 1.87. The smallest absolute Gasteiger partial charge is 0.150 e. The van der Waals surface area contributed by atoms with Gasteiger partial charge in [-0.05, 0) is 13.1 Å². The van der Waals surface area contributed by atoms with E-state index in [1.165, 1.54) is 0 Å². The number of piperazine rings is 1. The highest BCUT2D eigenvalue weighted by atomic mass is 16.5. The van der Waals surface area contributed by atoms with Crippen LogP contribution < -0.4 is 9.64 Å². The van der Waals surface area contributed by atoms with Gasteiger partial charge in [-0.15, -0.1) is 0 Å². The molecule has 0 unspecified atom stereocenters. The number of anilines is 1. The van der Waals surface area contributed by atoms with Gasteiger partial charge in [-0.2, -0.15) is 0 Å². The molecular formula is C12H17N2O. The predicted octanol–water partition coefficient (Wildman–Crippen LogP) is 1.25. The van der Waals surface area contributed by atoms with Crippen molar-refractivity contribution in [2.24, 2.45) is 0 Å². The number of rotatable bonds is 2. The molecule has 0 atom stereocenters. The van der Waals surface area contributed by atoms with Crippen LogP contribution in [0.2, 0.25) is 0 Å². The normalized spacial score (nSPS) is 17.9. The molecule has 1 aromatic carbocycles. The Labute approximate surface area is 91.2 Å². The quantitative estimate of drug-likeness (QED) is 0.722. The van der Waals surface area contributed by atoms with Gasteiger partial charge in [0, 0.05) is 32.2 Å². The lowest BCUT2D eigenvalue weighted by Gasteiger charge is -2.34. The van der Waals surface area contributed by atoms with Crippen molar-refractivity contribution in [1.82, 2.24) is 4.90 Å². The van der Waals surface area contributed by atoms with E-state index >= 15 is 0 Å². The molecule has 0 spiro atoms. The van der Waals surface area contributed by atoms with E-state index in [4.69, 9.17) is 4.74 Å². The SMILES string of the molecule is COc1[c]cccc1N1CCN(C)CC1. The molecule has 81 valence electrons. The molecule has 0 aliphatic carbocycles. The van der Waals surface area contributed by atoms with Crippen LogP contribution in [-0.4, -0.2) is 45.2 Å². The fraction of sp³-hybridized carbons (Fsp3) is 0.500. The number of hydrogen-bond acceptors (Lipinski definition) is 3. The maximum absolute atomic E-state index is 5.31. The molecule has 1 fully saturated rings. The van der Waals surface area contributed by atoms with Crippen LogP contribution in [0.4, 0.5) is 5.69 Å². The summed E-state index contributed by atoms with van der Waals surface area (Å²) in [5, 5.41) is 0. The molecule has 1 aromatic rings. The van der Waals surface area contributed by atoms with E-state index < -0.39 is 0 Å². The Morgan fingerprint density at radius 2 is 2.00 bits per heavy atom. The number of methoxy groups -OCH3 is 1. The van der Waals surface area contributed by atoms with Gasteiger partial charge in [0.2, 0.25) is 0 Å². The minimum Gasteiger partial charge on any atom is -0.494 e. The monoisotopic (exact) mass is 205 g/mol. The highest BCUT2D eigenvalue weighted by molar-refractivity contribution is 5.58. The van der Waals surface area contributed by atoms with Crippen molar-refractivity contribution in [2.45, 2.75) is 0 Å². The van der Waals surface area contributed by atoms with E-state index in [-0.39, 0.29) is 0 Å². The lowest BCUT2D eigenvalue weighted by atomic mass is 10.2. The fourth-order valence-corrected chi connectivity index (χ4v) is 1.87.